The predicted molar refractivity (Wildman–Crippen MR) is 86.9 cm³/mol. The van der Waals surface area contributed by atoms with Crippen LogP contribution in [0.5, 0.6) is 0 Å². The van der Waals surface area contributed by atoms with E-state index in [0.29, 0.717) is 0 Å². The molecule has 126 valence electrons. The van der Waals surface area contributed by atoms with Gasteiger partial charge in [-0.2, -0.15) is 0 Å². The van der Waals surface area contributed by atoms with E-state index in [1.54, 1.807) is 0 Å². The van der Waals surface area contributed by atoms with E-state index in [-0.39, 0.29) is 113 Å². The van der Waals surface area contributed by atoms with E-state index < -0.39 is 61.5 Å². The van der Waals surface area contributed by atoms with E-state index in [1.165, 1.54) is 0 Å². The van der Waals surface area contributed by atoms with E-state index in [9.17, 15) is 28.8 Å². The molecule has 0 heterocycles. The Morgan fingerprint density at radius 3 is 0.400 bits per heavy atom. The minimum Gasteiger partial charge on any atom is 1.00 e. The monoisotopic (exact) mass is 762 g/mol. The molecule has 0 saturated carbocycles. The first-order valence-electron chi connectivity index (χ1n) is 5.45. The molecule has 1 aromatic carbocycles. The maximum absolute atomic E-state index is 12.0. The van der Waals surface area contributed by atoms with Crippen LogP contribution in [0.2, 0.25) is 0 Å². The Labute approximate surface area is 294 Å². The summed E-state index contributed by atoms with van der Waals surface area (Å²) in [6.07, 6.45) is 0. The minimum absolute atomic E-state index is 0. The van der Waals surface area contributed by atoms with Gasteiger partial charge < -0.3 is 0 Å². The molecule has 0 radical (unpaired) electrons. The largest absolute Gasteiger partial charge is 1.00 e. The van der Waals surface area contributed by atoms with Gasteiger partial charge in [0.1, 0.15) is 0 Å². The molecule has 0 aliphatic heterocycles. The van der Waals surface area contributed by atoms with Gasteiger partial charge in [0, 0.05) is 0 Å². The molecule has 0 bridgehead atoms. The van der Waals surface area contributed by atoms with Gasteiger partial charge in [0.2, 0.25) is 0 Å². The topological polar surface area (TPSA) is 102 Å². The molecule has 0 atom stereocenters. The van der Waals surface area contributed by atoms with E-state index in [1.807, 2.05) is 0 Å². The first-order valence-corrected chi connectivity index (χ1v) is 10.6. The van der Waals surface area contributed by atoms with Crippen LogP contribution in [-0.4, -0.2) is 124 Å². The van der Waals surface area contributed by atoms with Crippen molar-refractivity contribution in [3.63, 3.8) is 0 Å². The predicted octanol–water partition coefficient (Wildman–Crippen LogP) is -20.4. The second-order valence-corrected chi connectivity index (χ2v) is 8.64. The van der Waals surface area contributed by atoms with Gasteiger partial charge >= 0.3 is 299 Å². The van der Waals surface area contributed by atoms with Crippen molar-refractivity contribution in [1.29, 1.82) is 0 Å². The van der Waals surface area contributed by atoms with E-state index in [2.05, 4.69) is 96.1 Å². The second kappa shape index (κ2) is 21.1. The summed E-state index contributed by atoms with van der Waals surface area (Å²) >= 11 is 12.7. The molecule has 0 aliphatic rings. The van der Waals surface area contributed by atoms with Crippen LogP contribution in [0.3, 0.4) is 0 Å². The van der Waals surface area contributed by atoms with Gasteiger partial charge in [-0.25, -0.2) is 0 Å². The van der Waals surface area contributed by atoms with Crippen LogP contribution >= 0.6 is 0 Å². The second-order valence-electron chi connectivity index (χ2n) is 3.97. The van der Waals surface area contributed by atoms with Crippen molar-refractivity contribution < 1.29 is 142 Å². The van der Waals surface area contributed by atoms with Gasteiger partial charge in [-0.3, -0.25) is 0 Å². The Hall–Kier alpha value is 3.94. The third-order valence-electron chi connectivity index (χ3n) is 2.72. The van der Waals surface area contributed by atoms with E-state index >= 15 is 0 Å². The Morgan fingerprint density at radius 1 is 0.300 bits per heavy atom. The minimum atomic E-state index is -0.837. The SMILES string of the molecule is O=C([Se-])c1c(C(=O)[Se-])c(C(=O)[Se-])c(C(=O)[Se-])c(C(=O)[Se-])c1C(=O)[Se-].[Li+].[Li+].[Li+].[Li+].[Li+].[Li+]. The van der Waals surface area contributed by atoms with E-state index in [0.717, 1.165) is 0 Å². The maximum atomic E-state index is 12.0. The Bertz CT molecular complexity index is 667. The number of carbonyl (C=O) groups excluding carboxylic acids is 6. The third kappa shape index (κ3) is 11.3. The summed E-state index contributed by atoms with van der Waals surface area (Å²) in [4.78, 5) is 72.0. The van der Waals surface area contributed by atoms with Crippen molar-refractivity contribution >= 4 is 124 Å². The Balaban J connectivity index is -0.000000240. The van der Waals surface area contributed by atoms with Gasteiger partial charge in [0.25, 0.3) is 0 Å². The molecule has 30 heavy (non-hydrogen) atoms. The summed E-state index contributed by atoms with van der Waals surface area (Å²) < 4.78 is -5.02. The van der Waals surface area contributed by atoms with Crippen molar-refractivity contribution in [2.75, 3.05) is 0 Å². The van der Waals surface area contributed by atoms with Gasteiger partial charge in [0.05, 0.1) is 0 Å². The number of rotatable bonds is 6. The fourth-order valence-electron chi connectivity index (χ4n) is 1.97. The number of hydrogen-bond donors (Lipinski definition) is 0. The third-order valence-corrected chi connectivity index (χ3v) is 5.29. The standard InChI is InChI=1S/C12H6O6Se6.6Li/c13-7(19)1-2(8(14)20)4(10(16)22)6(12(18)24)5(11(17)23)3(1)9(15)21;;;;;;/h(H,13,19)(H,14,20)(H,15,21)(H,16,22)(H,17,23)(H,18,24);;;;;;/q;6*+1/p-6. The van der Waals surface area contributed by atoms with Crippen LogP contribution in [0, 0.1) is 0 Å². The van der Waals surface area contributed by atoms with Crippen LogP contribution in [0.4, 0.5) is 0 Å². The van der Waals surface area contributed by atoms with Crippen molar-refractivity contribution in [2.24, 2.45) is 0 Å². The molecular weight excluding hydrogens is 756 g/mol. The molecule has 0 saturated heterocycles. The van der Waals surface area contributed by atoms with Gasteiger partial charge in [-0.1, -0.05) is 0 Å². The molecule has 18 heteroatoms. The van der Waals surface area contributed by atoms with Gasteiger partial charge in [-0.05, 0) is 0 Å². The van der Waals surface area contributed by atoms with Crippen LogP contribution in [0.25, 0.3) is 0 Å². The molecule has 0 spiro atoms. The van der Waals surface area contributed by atoms with Crippen LogP contribution < -0.4 is 113 Å². The maximum Gasteiger partial charge on any atom is 1.00 e. The summed E-state index contributed by atoms with van der Waals surface area (Å²) in [6.45, 7) is 0. The molecule has 0 aromatic heterocycles. The van der Waals surface area contributed by atoms with Crippen molar-refractivity contribution in [1.82, 2.24) is 0 Å². The zero-order valence-corrected chi connectivity index (χ0v) is 27.2. The Kier molecular flexibility index (Phi) is 33.1. The summed E-state index contributed by atoms with van der Waals surface area (Å²) in [5.41, 5.74) is -2.72. The van der Waals surface area contributed by atoms with Crippen molar-refractivity contribution in [3.05, 3.63) is 33.4 Å². The number of benzene rings is 1. The smallest absolute Gasteiger partial charge is 1.00 e. The van der Waals surface area contributed by atoms with Crippen LogP contribution in [0.15, 0.2) is 0 Å². The van der Waals surface area contributed by atoms with Crippen molar-refractivity contribution in [2.45, 2.75) is 0 Å². The molecule has 0 fully saturated rings. The van der Waals surface area contributed by atoms with Gasteiger partial charge in [0.15, 0.2) is 0 Å². The number of hydrogen-bond acceptors (Lipinski definition) is 6. The average Bonchev–Trinajstić information content (AvgIpc) is 2.42. The van der Waals surface area contributed by atoms with Crippen LogP contribution in [-0.2, 0) is 0 Å². The van der Waals surface area contributed by atoms with E-state index in [4.69, 9.17) is 0 Å². The summed E-state index contributed by atoms with van der Waals surface area (Å²) in [5.74, 6) is 0. The zero-order valence-electron chi connectivity index (χ0n) is 16.9. The van der Waals surface area contributed by atoms with Gasteiger partial charge in [-0.15, -0.1) is 0 Å². The molecule has 1 aromatic rings. The molecule has 0 amide bonds. The molecule has 0 N–H and O–H groups in total. The summed E-state index contributed by atoms with van der Waals surface area (Å²) in [6, 6.07) is 0. The average molecular weight is 756 g/mol. The van der Waals surface area contributed by atoms with Crippen LogP contribution in [0.1, 0.15) is 62.1 Å². The quantitative estimate of drug-likeness (QED) is 0.268. The summed E-state index contributed by atoms with van der Waals surface area (Å²) in [7, 11) is 0. The first-order chi connectivity index (χ1) is 10.9. The molecule has 0 aliphatic carbocycles. The Morgan fingerprint density at radius 2 is 0.367 bits per heavy atom. The zero-order chi connectivity index (χ0) is 18.9. The normalized spacial score (nSPS) is 8.00. The molecule has 6 nitrogen and oxygen atoms in total. The van der Waals surface area contributed by atoms with Crippen molar-refractivity contribution in [3.8, 4) is 0 Å². The molecular formula is C12Li6O6Se6. The number of carbonyl (C=O) groups is 6. The molecule has 0 unspecified atom stereocenters. The first kappa shape index (κ1) is 47.2. The molecule has 1 rings (SSSR count). The fourth-order valence-corrected chi connectivity index (χ4v) is 4.54. The summed E-state index contributed by atoms with van der Waals surface area (Å²) in [5, 5.41) is 0. The fraction of sp³-hybridized carbons (Fsp3) is 0.